The first-order chi connectivity index (χ1) is 8.28. The molecule has 3 fully saturated rings. The van der Waals surface area contributed by atoms with Crippen molar-refractivity contribution in [2.75, 3.05) is 19.7 Å². The van der Waals surface area contributed by atoms with Crippen LogP contribution >= 0.6 is 0 Å². The highest BCUT2D eigenvalue weighted by atomic mass is 16.5. The van der Waals surface area contributed by atoms with Crippen molar-refractivity contribution in [1.29, 1.82) is 0 Å². The summed E-state index contributed by atoms with van der Waals surface area (Å²) in [5.74, 6) is 1.68. The van der Waals surface area contributed by atoms with Gasteiger partial charge in [0.15, 0.2) is 0 Å². The maximum Gasteiger partial charge on any atom is 0.0604 e. The lowest BCUT2D eigenvalue weighted by Gasteiger charge is -2.41. The van der Waals surface area contributed by atoms with Gasteiger partial charge >= 0.3 is 0 Å². The van der Waals surface area contributed by atoms with Gasteiger partial charge in [-0.1, -0.05) is 6.42 Å². The molecule has 0 spiro atoms. The number of ether oxygens (including phenoxy) is 1. The van der Waals surface area contributed by atoms with Crippen LogP contribution in [0.4, 0.5) is 0 Å². The molecule has 3 heteroatoms. The van der Waals surface area contributed by atoms with E-state index in [1.54, 1.807) is 0 Å². The van der Waals surface area contributed by atoms with Gasteiger partial charge in [-0.15, -0.1) is 0 Å². The molecule has 2 saturated carbocycles. The summed E-state index contributed by atoms with van der Waals surface area (Å²) in [6.07, 6.45) is 7.06. The summed E-state index contributed by atoms with van der Waals surface area (Å²) in [6, 6.07) is 1.27. The Morgan fingerprint density at radius 3 is 2.76 bits per heavy atom. The fourth-order valence-electron chi connectivity index (χ4n) is 4.06. The zero-order chi connectivity index (χ0) is 11.8. The molecule has 1 heterocycles. The molecule has 3 rings (SSSR count). The molecule has 0 aromatic rings. The summed E-state index contributed by atoms with van der Waals surface area (Å²) in [4.78, 5) is 2.70. The summed E-state index contributed by atoms with van der Waals surface area (Å²) in [5, 5.41) is 0. The Morgan fingerprint density at radius 2 is 2.06 bits per heavy atom. The molecular formula is C14H26N2O. The molecule has 0 amide bonds. The summed E-state index contributed by atoms with van der Waals surface area (Å²) in [6.45, 7) is 5.53. The van der Waals surface area contributed by atoms with Crippen molar-refractivity contribution in [3.05, 3.63) is 0 Å². The van der Waals surface area contributed by atoms with E-state index in [9.17, 15) is 0 Å². The second kappa shape index (κ2) is 4.87. The molecule has 98 valence electrons. The molecule has 1 saturated heterocycles. The maximum atomic E-state index is 6.27. The van der Waals surface area contributed by atoms with Gasteiger partial charge in [-0.25, -0.2) is 0 Å². The molecule has 2 aliphatic carbocycles. The van der Waals surface area contributed by atoms with Crippen molar-refractivity contribution in [1.82, 2.24) is 4.90 Å². The van der Waals surface area contributed by atoms with Gasteiger partial charge in [-0.05, 0) is 44.4 Å². The molecule has 3 aliphatic rings. The Balaban J connectivity index is 1.51. The lowest BCUT2D eigenvalue weighted by atomic mass is 9.78. The molecule has 2 N–H and O–H groups in total. The summed E-state index contributed by atoms with van der Waals surface area (Å²) >= 11 is 0. The summed E-state index contributed by atoms with van der Waals surface area (Å²) in [5.41, 5.74) is 6.27. The van der Waals surface area contributed by atoms with E-state index in [2.05, 4.69) is 11.8 Å². The molecule has 0 aromatic heterocycles. The standard InChI is InChI=1S/C14H26N2O/c1-2-17-12-6-11(7-12)16-8-10-4-3-5-14(15)13(10)9-16/h10-14H,2-9,15H2,1H3. The second-order valence-corrected chi connectivity index (χ2v) is 6.18. The quantitative estimate of drug-likeness (QED) is 0.812. The lowest BCUT2D eigenvalue weighted by molar-refractivity contribution is -0.0421. The van der Waals surface area contributed by atoms with Gasteiger partial charge in [0.1, 0.15) is 0 Å². The van der Waals surface area contributed by atoms with Crippen molar-refractivity contribution < 1.29 is 4.74 Å². The molecule has 1 aliphatic heterocycles. The Labute approximate surface area is 105 Å². The first kappa shape index (κ1) is 11.9. The fraction of sp³-hybridized carbons (Fsp3) is 1.00. The van der Waals surface area contributed by atoms with Crippen LogP contribution in [0.25, 0.3) is 0 Å². The van der Waals surface area contributed by atoms with Gasteiger partial charge in [-0.3, -0.25) is 4.90 Å². The largest absolute Gasteiger partial charge is 0.378 e. The Hall–Kier alpha value is -0.120. The molecule has 0 bridgehead atoms. The van der Waals surface area contributed by atoms with Crippen LogP contribution in [0.1, 0.15) is 39.0 Å². The Kier molecular flexibility index (Phi) is 3.42. The molecule has 3 unspecified atom stereocenters. The maximum absolute atomic E-state index is 6.27. The van der Waals surface area contributed by atoms with Crippen LogP contribution < -0.4 is 5.73 Å². The van der Waals surface area contributed by atoms with E-state index < -0.39 is 0 Å². The predicted octanol–water partition coefficient (Wildman–Crippen LogP) is 1.61. The van der Waals surface area contributed by atoms with Crippen molar-refractivity contribution in [3.63, 3.8) is 0 Å². The van der Waals surface area contributed by atoms with E-state index in [1.165, 1.54) is 45.2 Å². The molecule has 0 radical (unpaired) electrons. The van der Waals surface area contributed by atoms with Gasteiger partial charge in [0.25, 0.3) is 0 Å². The third-order valence-electron chi connectivity index (χ3n) is 5.17. The smallest absolute Gasteiger partial charge is 0.0604 e. The lowest BCUT2D eigenvalue weighted by Crippen LogP contribution is -2.47. The van der Waals surface area contributed by atoms with E-state index >= 15 is 0 Å². The first-order valence-electron chi connectivity index (χ1n) is 7.39. The van der Waals surface area contributed by atoms with Crippen molar-refractivity contribution in [3.8, 4) is 0 Å². The van der Waals surface area contributed by atoms with Crippen LogP contribution in [0.3, 0.4) is 0 Å². The predicted molar refractivity (Wildman–Crippen MR) is 68.8 cm³/mol. The summed E-state index contributed by atoms with van der Waals surface area (Å²) < 4.78 is 5.66. The van der Waals surface area contributed by atoms with E-state index in [-0.39, 0.29) is 0 Å². The molecular weight excluding hydrogens is 212 g/mol. The average Bonchev–Trinajstić information content (AvgIpc) is 2.67. The SMILES string of the molecule is CCOC1CC(N2CC3CCCC(N)C3C2)C1. The van der Waals surface area contributed by atoms with Gasteiger partial charge in [-0.2, -0.15) is 0 Å². The van der Waals surface area contributed by atoms with Gasteiger partial charge in [0.05, 0.1) is 6.10 Å². The highest BCUT2D eigenvalue weighted by Gasteiger charge is 2.44. The van der Waals surface area contributed by atoms with Crippen LogP contribution in [0.2, 0.25) is 0 Å². The van der Waals surface area contributed by atoms with Crippen LogP contribution in [-0.2, 0) is 4.74 Å². The third kappa shape index (κ3) is 2.25. The number of hydrogen-bond donors (Lipinski definition) is 1. The number of nitrogens with zero attached hydrogens (tertiary/aromatic N) is 1. The number of nitrogens with two attached hydrogens (primary N) is 1. The fourth-order valence-corrected chi connectivity index (χ4v) is 4.06. The second-order valence-electron chi connectivity index (χ2n) is 6.18. The Morgan fingerprint density at radius 1 is 1.24 bits per heavy atom. The van der Waals surface area contributed by atoms with E-state index in [1.807, 2.05) is 0 Å². The minimum absolute atomic E-state index is 0.474. The van der Waals surface area contributed by atoms with Crippen LogP contribution in [0, 0.1) is 11.8 Å². The topological polar surface area (TPSA) is 38.5 Å². The van der Waals surface area contributed by atoms with Crippen LogP contribution in [0.15, 0.2) is 0 Å². The van der Waals surface area contributed by atoms with Crippen molar-refractivity contribution in [2.24, 2.45) is 17.6 Å². The van der Waals surface area contributed by atoms with Crippen molar-refractivity contribution in [2.45, 2.75) is 57.2 Å². The van der Waals surface area contributed by atoms with Crippen LogP contribution in [-0.4, -0.2) is 42.8 Å². The number of hydrogen-bond acceptors (Lipinski definition) is 3. The highest BCUT2D eigenvalue weighted by molar-refractivity contribution is 4.98. The first-order valence-corrected chi connectivity index (χ1v) is 7.39. The monoisotopic (exact) mass is 238 g/mol. The number of rotatable bonds is 3. The number of likely N-dealkylation sites (tertiary alicyclic amines) is 1. The third-order valence-corrected chi connectivity index (χ3v) is 5.17. The zero-order valence-corrected chi connectivity index (χ0v) is 11.0. The zero-order valence-electron chi connectivity index (χ0n) is 11.0. The van der Waals surface area contributed by atoms with E-state index in [4.69, 9.17) is 10.5 Å². The van der Waals surface area contributed by atoms with Crippen molar-refractivity contribution >= 4 is 0 Å². The molecule has 17 heavy (non-hydrogen) atoms. The van der Waals surface area contributed by atoms with E-state index in [0.29, 0.717) is 12.1 Å². The minimum Gasteiger partial charge on any atom is -0.378 e. The van der Waals surface area contributed by atoms with Gasteiger partial charge in [0, 0.05) is 31.8 Å². The van der Waals surface area contributed by atoms with Crippen LogP contribution in [0.5, 0.6) is 0 Å². The minimum atomic E-state index is 0.474. The van der Waals surface area contributed by atoms with E-state index in [0.717, 1.165) is 24.5 Å². The van der Waals surface area contributed by atoms with Gasteiger partial charge < -0.3 is 10.5 Å². The highest BCUT2D eigenvalue weighted by Crippen LogP contribution is 2.39. The summed E-state index contributed by atoms with van der Waals surface area (Å²) in [7, 11) is 0. The average molecular weight is 238 g/mol. The normalized spacial score (nSPS) is 46.6. The molecule has 3 nitrogen and oxygen atoms in total. The number of fused-ring (bicyclic) bond motifs is 1. The molecule has 3 atom stereocenters. The molecule has 0 aromatic carbocycles. The van der Waals surface area contributed by atoms with Gasteiger partial charge in [0.2, 0.25) is 0 Å². The Bertz CT molecular complexity index is 265.